The average molecular weight is 763 g/mol. The number of nitrogens with two attached hydrogens (primary N) is 3. The summed E-state index contributed by atoms with van der Waals surface area (Å²) >= 11 is 4.80. The molecule has 0 aliphatic carbocycles. The second-order valence-electron chi connectivity index (χ2n) is 11.6. The van der Waals surface area contributed by atoms with Crippen molar-refractivity contribution in [1.29, 1.82) is 0 Å². The van der Waals surface area contributed by atoms with Crippen LogP contribution in [-0.2, 0) is 9.47 Å². The number of amides is 1. The maximum Gasteiger partial charge on any atom is 0.411 e. The van der Waals surface area contributed by atoms with E-state index in [-0.39, 0.29) is 0 Å². The van der Waals surface area contributed by atoms with Crippen LogP contribution in [0.1, 0.15) is 37.8 Å². The molecule has 0 saturated heterocycles. The molecule has 12 nitrogen and oxygen atoms in total. The predicted octanol–water partition coefficient (Wildman–Crippen LogP) is 8.13. The van der Waals surface area contributed by atoms with Crippen LogP contribution in [0.4, 0.5) is 21.0 Å². The molecule has 13 heteroatoms. The largest absolute Gasteiger partial charge is 0.497 e. The number of carbonyl (C=O) groups excluding carboxylic acids is 2. The van der Waals surface area contributed by atoms with Gasteiger partial charge in [-0.05, 0) is 110 Å². The van der Waals surface area contributed by atoms with Gasteiger partial charge in [0.25, 0.3) is 0 Å². The van der Waals surface area contributed by atoms with E-state index in [1.165, 1.54) is 0 Å². The maximum atomic E-state index is 11.8. The van der Waals surface area contributed by atoms with E-state index in [0.717, 1.165) is 68.6 Å². The number of rotatable bonds is 9. The fraction of sp³-hybridized carbons (Fsp3) is 0.190. The zero-order chi connectivity index (χ0) is 39.7. The summed E-state index contributed by atoms with van der Waals surface area (Å²) in [5.74, 6) is 7.44. The number of hydrogen-bond acceptors (Lipinski definition) is 9. The topological polar surface area (TPSA) is 171 Å². The molecule has 0 bridgehead atoms. The van der Waals surface area contributed by atoms with Crippen LogP contribution in [0.2, 0.25) is 0 Å². The fourth-order valence-electron chi connectivity index (χ4n) is 5.35. The summed E-state index contributed by atoms with van der Waals surface area (Å²) in [7, 11) is 3.28. The smallest absolute Gasteiger partial charge is 0.411 e. The van der Waals surface area contributed by atoms with Gasteiger partial charge in [-0.1, -0.05) is 13.8 Å². The van der Waals surface area contributed by atoms with E-state index in [4.69, 9.17) is 43.0 Å². The zero-order valence-electron chi connectivity index (χ0n) is 31.0. The Morgan fingerprint density at radius 3 is 1.60 bits per heavy atom. The number of methoxy groups -OCH3 is 2. The molecule has 0 unspecified atom stereocenters. The summed E-state index contributed by atoms with van der Waals surface area (Å²) in [6.07, 6.45) is 5.00. The van der Waals surface area contributed by atoms with Crippen molar-refractivity contribution in [1.82, 2.24) is 9.13 Å². The molecule has 7 N–H and O–H groups in total. The number of nitrogen functional groups attached to an aromatic ring is 1. The van der Waals surface area contributed by atoms with Gasteiger partial charge in [-0.25, -0.2) is 9.59 Å². The van der Waals surface area contributed by atoms with E-state index in [1.54, 1.807) is 14.2 Å². The fourth-order valence-corrected chi connectivity index (χ4v) is 5.42. The van der Waals surface area contributed by atoms with Crippen molar-refractivity contribution in [2.75, 3.05) is 38.5 Å². The summed E-state index contributed by atoms with van der Waals surface area (Å²) in [5, 5.41) is 4.72. The van der Waals surface area contributed by atoms with Crippen molar-refractivity contribution < 1.29 is 28.5 Å². The Bertz CT molecular complexity index is 2350. The number of carbonyl (C=O) groups is 2. The minimum absolute atomic E-state index is 0.381. The first-order chi connectivity index (χ1) is 26.6. The summed E-state index contributed by atoms with van der Waals surface area (Å²) in [6, 6.07) is 31.8. The van der Waals surface area contributed by atoms with Gasteiger partial charge in [0.15, 0.2) is 0 Å². The van der Waals surface area contributed by atoms with E-state index in [2.05, 4.69) is 34.0 Å². The Morgan fingerprint density at radius 1 is 0.691 bits per heavy atom. The molecule has 0 spiro atoms. The number of halogens is 1. The minimum atomic E-state index is -0.721. The van der Waals surface area contributed by atoms with Gasteiger partial charge in [0, 0.05) is 69.6 Å². The van der Waals surface area contributed by atoms with Gasteiger partial charge in [0.05, 0.1) is 49.6 Å². The van der Waals surface area contributed by atoms with E-state index >= 15 is 0 Å². The molecule has 0 aliphatic rings. The number of benzene rings is 4. The van der Waals surface area contributed by atoms with E-state index < -0.39 is 11.5 Å². The third-order valence-electron chi connectivity index (χ3n) is 7.85. The van der Waals surface area contributed by atoms with Gasteiger partial charge in [0.1, 0.15) is 11.5 Å². The minimum Gasteiger partial charge on any atom is -0.497 e. The average Bonchev–Trinajstić information content (AvgIpc) is 3.74. The van der Waals surface area contributed by atoms with Gasteiger partial charge in [-0.3, -0.25) is 5.32 Å². The highest BCUT2D eigenvalue weighted by Gasteiger charge is 2.12. The molecule has 0 radical (unpaired) electrons. The third kappa shape index (κ3) is 11.1. The summed E-state index contributed by atoms with van der Waals surface area (Å²) in [6.45, 7) is 4.65. The molecular formula is C42H43ClN6O6. The van der Waals surface area contributed by atoms with Crippen LogP contribution in [0.25, 0.3) is 33.2 Å². The molecule has 55 heavy (non-hydrogen) atoms. The molecular weight excluding hydrogens is 720 g/mol. The molecule has 0 aliphatic heterocycles. The Morgan fingerprint density at radius 2 is 1.16 bits per heavy atom. The van der Waals surface area contributed by atoms with Gasteiger partial charge in [-0.15, -0.1) is 0 Å². The molecule has 6 rings (SSSR count). The number of anilines is 2. The van der Waals surface area contributed by atoms with Crippen LogP contribution >= 0.6 is 11.6 Å². The monoisotopic (exact) mass is 762 g/mol. The second-order valence-corrected chi connectivity index (χ2v) is 11.9. The first-order valence-corrected chi connectivity index (χ1v) is 17.6. The molecule has 0 saturated carbocycles. The van der Waals surface area contributed by atoms with Crippen LogP contribution < -0.4 is 32.0 Å². The third-order valence-corrected chi connectivity index (χ3v) is 7.96. The Kier molecular flexibility index (Phi) is 15.1. The molecule has 6 aromatic rings. The molecule has 0 atom stereocenters. The summed E-state index contributed by atoms with van der Waals surface area (Å²) in [4.78, 5) is 21.6. The number of ether oxygens (including phenoxy) is 4. The highest BCUT2D eigenvalue weighted by molar-refractivity contribution is 6.61. The molecule has 4 aromatic carbocycles. The number of aromatic nitrogens is 2. The van der Waals surface area contributed by atoms with Crippen molar-refractivity contribution in [2.45, 2.75) is 26.7 Å². The number of hydrogen-bond donors (Lipinski definition) is 4. The first-order valence-electron chi connectivity index (χ1n) is 17.2. The Balaban J connectivity index is 0.000000213. The van der Waals surface area contributed by atoms with Crippen LogP contribution in [0.5, 0.6) is 11.5 Å². The van der Waals surface area contributed by atoms with Gasteiger partial charge >= 0.3 is 11.5 Å². The predicted molar refractivity (Wildman–Crippen MR) is 219 cm³/mol. The van der Waals surface area contributed by atoms with Crippen LogP contribution in [0.3, 0.4) is 0 Å². The van der Waals surface area contributed by atoms with E-state index in [1.807, 2.05) is 120 Å². The lowest BCUT2D eigenvalue weighted by Gasteiger charge is -2.09. The van der Waals surface area contributed by atoms with E-state index in [0.29, 0.717) is 24.6 Å². The first kappa shape index (κ1) is 40.9. The number of nitrogens with one attached hydrogen (secondary N) is 1. The van der Waals surface area contributed by atoms with Crippen LogP contribution in [0.15, 0.2) is 97.3 Å². The summed E-state index contributed by atoms with van der Waals surface area (Å²) < 4.78 is 23.9. The van der Waals surface area contributed by atoms with Crippen molar-refractivity contribution in [3.63, 3.8) is 0 Å². The number of nitrogens with zero attached hydrogens (tertiary/aromatic N) is 2. The zero-order valence-corrected chi connectivity index (χ0v) is 31.8. The van der Waals surface area contributed by atoms with Gasteiger partial charge < -0.3 is 45.3 Å². The highest BCUT2D eigenvalue weighted by Crippen LogP contribution is 2.29. The van der Waals surface area contributed by atoms with Crippen molar-refractivity contribution in [2.24, 2.45) is 11.5 Å². The molecule has 0 fully saturated rings. The molecule has 1 amide bonds. The molecule has 2 aromatic heterocycles. The van der Waals surface area contributed by atoms with Gasteiger partial charge in [-0.2, -0.15) is 0 Å². The van der Waals surface area contributed by atoms with Crippen LogP contribution in [-0.4, -0.2) is 48.1 Å². The van der Waals surface area contributed by atoms with Crippen molar-refractivity contribution in [3.05, 3.63) is 108 Å². The van der Waals surface area contributed by atoms with Gasteiger partial charge in [0.2, 0.25) is 0 Å². The lowest BCUT2D eigenvalue weighted by Crippen LogP contribution is -2.14. The molecule has 284 valence electrons. The lowest BCUT2D eigenvalue weighted by molar-refractivity contribution is 0.161. The molecule has 2 heterocycles. The van der Waals surface area contributed by atoms with Crippen LogP contribution in [0, 0.1) is 23.9 Å². The quantitative estimate of drug-likeness (QED) is 0.0491. The Hall–Kier alpha value is -6.89. The lowest BCUT2D eigenvalue weighted by atomic mass is 10.1. The van der Waals surface area contributed by atoms with Crippen molar-refractivity contribution >= 4 is 56.3 Å². The SMILES string of the molecule is CCCOC(=O)Cl.CCCOC(=O)Nc1ccc2c(C#CN)cn(-c3ccc(OC)cc3)c2c1.COc1ccc(-n2cc(C#CN)c3ccc(N)cc32)cc1. The second kappa shape index (κ2) is 20.4. The standard InChI is InChI=1S/C21H21N3O3.C17H15N3O.C4H7ClO2/c1-3-12-27-21(25)23-16-4-9-19-15(10-11-22)14-24(20(19)13-16)17-5-7-18(26-2)8-6-17;1-21-15-5-3-14(4-6-15)20-11-12(8-9-18)16-7-2-13(19)10-17(16)20;1-2-3-7-4(5)6/h4-9,13-14H,3,12,22H2,1-2H3,(H,23,25);2-7,10-11H,18-19H2,1H3;2-3H2,1H3. The maximum absolute atomic E-state index is 11.8. The van der Waals surface area contributed by atoms with E-state index in [9.17, 15) is 9.59 Å². The highest BCUT2D eigenvalue weighted by atomic mass is 35.5. The van der Waals surface area contributed by atoms with Crippen molar-refractivity contribution in [3.8, 4) is 46.8 Å². The summed E-state index contributed by atoms with van der Waals surface area (Å²) in [5.41, 5.74) is 22.8. The number of fused-ring (bicyclic) bond motifs is 2. The Labute approximate surface area is 325 Å². The normalized spacial score (nSPS) is 9.91.